The van der Waals surface area contributed by atoms with E-state index in [9.17, 15) is 14.4 Å². The van der Waals surface area contributed by atoms with Crippen LogP contribution in [0.15, 0.2) is 24.3 Å². The molecule has 24 heavy (non-hydrogen) atoms. The SMILES string of the molecule is CC(C)C(=O)c1c2c(n(C)c1C(C)C)C(=O)c1ccccc1C2=O. The molecule has 0 radical (unpaired) electrons. The van der Waals surface area contributed by atoms with Crippen molar-refractivity contribution in [1.29, 1.82) is 0 Å². The highest BCUT2D eigenvalue weighted by Crippen LogP contribution is 2.36. The average Bonchev–Trinajstić information content (AvgIpc) is 2.85. The summed E-state index contributed by atoms with van der Waals surface area (Å²) in [4.78, 5) is 38.9. The molecule has 0 N–H and O–H groups in total. The van der Waals surface area contributed by atoms with Gasteiger partial charge in [0.15, 0.2) is 11.6 Å². The van der Waals surface area contributed by atoms with Gasteiger partial charge in [0.25, 0.3) is 0 Å². The van der Waals surface area contributed by atoms with Gasteiger partial charge in [-0.25, -0.2) is 0 Å². The molecule has 0 amide bonds. The van der Waals surface area contributed by atoms with Crippen LogP contribution in [0, 0.1) is 5.92 Å². The second-order valence-electron chi connectivity index (χ2n) is 6.92. The fourth-order valence-corrected chi connectivity index (χ4v) is 3.54. The molecule has 124 valence electrons. The summed E-state index contributed by atoms with van der Waals surface area (Å²) in [7, 11) is 1.77. The largest absolute Gasteiger partial charge is 0.343 e. The molecular formula is C20H21NO3. The number of carbonyl (C=O) groups is 3. The highest BCUT2D eigenvalue weighted by Gasteiger charge is 2.39. The van der Waals surface area contributed by atoms with Crippen molar-refractivity contribution < 1.29 is 14.4 Å². The Morgan fingerprint density at radius 1 is 0.958 bits per heavy atom. The minimum absolute atomic E-state index is 0.0296. The zero-order chi connectivity index (χ0) is 17.8. The molecule has 1 aromatic carbocycles. The highest BCUT2D eigenvalue weighted by molar-refractivity contribution is 6.31. The predicted molar refractivity (Wildman–Crippen MR) is 92.0 cm³/mol. The second-order valence-corrected chi connectivity index (χ2v) is 6.92. The Kier molecular flexibility index (Phi) is 3.78. The number of hydrogen-bond donors (Lipinski definition) is 0. The third-order valence-electron chi connectivity index (χ3n) is 4.62. The van der Waals surface area contributed by atoms with E-state index < -0.39 is 0 Å². The molecule has 1 aromatic heterocycles. The molecule has 0 aliphatic heterocycles. The summed E-state index contributed by atoms with van der Waals surface area (Å²) in [6.45, 7) is 7.57. The fourth-order valence-electron chi connectivity index (χ4n) is 3.54. The summed E-state index contributed by atoms with van der Waals surface area (Å²) in [5.74, 6) is -0.716. The zero-order valence-corrected chi connectivity index (χ0v) is 14.6. The smallest absolute Gasteiger partial charge is 0.210 e. The van der Waals surface area contributed by atoms with E-state index in [1.807, 2.05) is 27.7 Å². The van der Waals surface area contributed by atoms with Crippen LogP contribution >= 0.6 is 0 Å². The van der Waals surface area contributed by atoms with Crippen LogP contribution in [0.2, 0.25) is 0 Å². The standard InChI is InChI=1S/C20H21NO3/c1-10(2)16-14(18(22)11(3)4)15-17(21(16)5)20(24)13-9-7-6-8-12(13)19(15)23/h6-11H,1-5H3. The third-order valence-corrected chi connectivity index (χ3v) is 4.62. The van der Waals surface area contributed by atoms with Crippen LogP contribution < -0.4 is 0 Å². The van der Waals surface area contributed by atoms with Crippen molar-refractivity contribution in [3.05, 3.63) is 57.9 Å². The van der Waals surface area contributed by atoms with E-state index in [1.165, 1.54) is 0 Å². The maximum absolute atomic E-state index is 13.1. The molecule has 2 aromatic rings. The van der Waals surface area contributed by atoms with Crippen molar-refractivity contribution in [2.45, 2.75) is 33.6 Å². The number of ketones is 3. The molecule has 0 saturated heterocycles. The first kappa shape index (κ1) is 16.4. The Labute approximate surface area is 141 Å². The Morgan fingerprint density at radius 3 is 2.00 bits per heavy atom. The van der Waals surface area contributed by atoms with Crippen LogP contribution in [-0.4, -0.2) is 21.9 Å². The quantitative estimate of drug-likeness (QED) is 0.690. The summed E-state index contributed by atoms with van der Waals surface area (Å²) < 4.78 is 1.74. The number of aromatic nitrogens is 1. The Morgan fingerprint density at radius 2 is 1.50 bits per heavy atom. The first-order chi connectivity index (χ1) is 11.3. The molecule has 1 aliphatic rings. The lowest BCUT2D eigenvalue weighted by atomic mass is 9.83. The molecule has 3 rings (SSSR count). The van der Waals surface area contributed by atoms with Crippen LogP contribution in [0.1, 0.15) is 81.6 Å². The molecular weight excluding hydrogens is 302 g/mol. The first-order valence-electron chi connectivity index (χ1n) is 8.22. The zero-order valence-electron chi connectivity index (χ0n) is 14.6. The van der Waals surface area contributed by atoms with Gasteiger partial charge in [0.2, 0.25) is 5.78 Å². The number of rotatable bonds is 3. The van der Waals surface area contributed by atoms with Crippen molar-refractivity contribution in [2.24, 2.45) is 13.0 Å². The summed E-state index contributed by atoms with van der Waals surface area (Å²) in [6, 6.07) is 6.82. The number of benzene rings is 1. The van der Waals surface area contributed by atoms with Gasteiger partial charge in [-0.15, -0.1) is 0 Å². The van der Waals surface area contributed by atoms with Crippen molar-refractivity contribution in [3.63, 3.8) is 0 Å². The lowest BCUT2D eigenvalue weighted by Gasteiger charge is -2.16. The molecule has 0 unspecified atom stereocenters. The summed E-state index contributed by atoms with van der Waals surface area (Å²) in [5.41, 5.74) is 2.59. The van der Waals surface area contributed by atoms with Crippen LogP contribution in [-0.2, 0) is 7.05 Å². The van der Waals surface area contributed by atoms with E-state index in [1.54, 1.807) is 35.9 Å². The summed E-state index contributed by atoms with van der Waals surface area (Å²) >= 11 is 0. The van der Waals surface area contributed by atoms with Gasteiger partial charge in [-0.2, -0.15) is 0 Å². The predicted octanol–water partition coefficient (Wildman–Crippen LogP) is 3.76. The molecule has 0 fully saturated rings. The van der Waals surface area contributed by atoms with E-state index in [4.69, 9.17) is 0 Å². The van der Waals surface area contributed by atoms with Gasteiger partial charge < -0.3 is 4.57 Å². The molecule has 0 spiro atoms. The minimum Gasteiger partial charge on any atom is -0.343 e. The van der Waals surface area contributed by atoms with Gasteiger partial charge in [-0.3, -0.25) is 14.4 Å². The van der Waals surface area contributed by atoms with Crippen LogP contribution in [0.4, 0.5) is 0 Å². The first-order valence-corrected chi connectivity index (χ1v) is 8.22. The average molecular weight is 323 g/mol. The van der Waals surface area contributed by atoms with Gasteiger partial charge in [0.05, 0.1) is 11.1 Å². The monoisotopic (exact) mass is 323 g/mol. The highest BCUT2D eigenvalue weighted by atomic mass is 16.1. The normalized spacial score (nSPS) is 13.5. The van der Waals surface area contributed by atoms with E-state index in [-0.39, 0.29) is 34.7 Å². The van der Waals surface area contributed by atoms with E-state index in [0.29, 0.717) is 22.4 Å². The van der Waals surface area contributed by atoms with Crippen LogP contribution in [0.5, 0.6) is 0 Å². The van der Waals surface area contributed by atoms with Crippen molar-refractivity contribution >= 4 is 17.3 Å². The lowest BCUT2D eigenvalue weighted by molar-refractivity contribution is 0.0926. The molecule has 0 saturated carbocycles. The molecule has 4 nitrogen and oxygen atoms in total. The van der Waals surface area contributed by atoms with Gasteiger partial charge in [-0.05, 0) is 5.92 Å². The van der Waals surface area contributed by atoms with Gasteiger partial charge in [-0.1, -0.05) is 52.0 Å². The third kappa shape index (κ3) is 2.09. The molecule has 0 atom stereocenters. The number of Topliss-reactive ketones (excluding diaryl/α,β-unsaturated/α-hetero) is 1. The van der Waals surface area contributed by atoms with Gasteiger partial charge >= 0.3 is 0 Å². The Balaban J connectivity index is 2.41. The number of hydrogen-bond acceptors (Lipinski definition) is 3. The van der Waals surface area contributed by atoms with Gasteiger partial charge in [0.1, 0.15) is 5.69 Å². The minimum atomic E-state index is -0.242. The Bertz CT molecular complexity index is 885. The fraction of sp³-hybridized carbons (Fsp3) is 0.350. The molecule has 1 heterocycles. The summed E-state index contributed by atoms with van der Waals surface area (Å²) in [5, 5.41) is 0. The second kappa shape index (κ2) is 5.55. The van der Waals surface area contributed by atoms with E-state index >= 15 is 0 Å². The number of nitrogens with zero attached hydrogens (tertiary/aromatic N) is 1. The Hall–Kier alpha value is -2.49. The maximum atomic E-state index is 13.1. The van der Waals surface area contributed by atoms with Crippen LogP contribution in [0.3, 0.4) is 0 Å². The van der Waals surface area contributed by atoms with E-state index in [2.05, 4.69) is 0 Å². The van der Waals surface area contributed by atoms with Gasteiger partial charge in [0, 0.05) is 29.8 Å². The van der Waals surface area contributed by atoms with Crippen molar-refractivity contribution in [2.75, 3.05) is 0 Å². The summed E-state index contributed by atoms with van der Waals surface area (Å²) in [6.07, 6.45) is 0. The molecule has 1 aliphatic carbocycles. The van der Waals surface area contributed by atoms with E-state index in [0.717, 1.165) is 5.69 Å². The maximum Gasteiger partial charge on any atom is 0.210 e. The van der Waals surface area contributed by atoms with Crippen molar-refractivity contribution in [1.82, 2.24) is 4.57 Å². The lowest BCUT2D eigenvalue weighted by Crippen LogP contribution is -2.23. The molecule has 0 bridgehead atoms. The number of fused-ring (bicyclic) bond motifs is 2. The van der Waals surface area contributed by atoms with Crippen LogP contribution in [0.25, 0.3) is 0 Å². The van der Waals surface area contributed by atoms with Crippen molar-refractivity contribution in [3.8, 4) is 0 Å². The molecule has 4 heteroatoms. The number of carbonyl (C=O) groups excluding carboxylic acids is 3. The topological polar surface area (TPSA) is 56.1 Å².